The van der Waals surface area contributed by atoms with Crippen LogP contribution in [0.15, 0.2) is 78.9 Å². The number of carbonyl (C=O) groups is 1. The lowest BCUT2D eigenvalue weighted by molar-refractivity contribution is 0.102. The van der Waals surface area contributed by atoms with Crippen molar-refractivity contribution in [1.82, 2.24) is 19.8 Å². The number of hydrogen-bond donors (Lipinski definition) is 1. The molecule has 180 valence electrons. The molecule has 0 saturated carbocycles. The zero-order chi connectivity index (χ0) is 25.1. The topological polar surface area (TPSA) is 90.6 Å². The van der Waals surface area contributed by atoms with Gasteiger partial charge >= 0.3 is 0 Å². The van der Waals surface area contributed by atoms with Crippen molar-refractivity contribution in [3.05, 3.63) is 101 Å². The zero-order valence-electron chi connectivity index (χ0n) is 19.6. The number of nitrogens with one attached hydrogen (secondary N) is 1. The lowest BCUT2D eigenvalue weighted by atomic mass is 10.1. The first kappa shape index (κ1) is 23.5. The van der Waals surface area contributed by atoms with E-state index < -0.39 is 5.91 Å². The van der Waals surface area contributed by atoms with Crippen molar-refractivity contribution < 1.29 is 14.3 Å². The second kappa shape index (κ2) is 10.2. The normalized spacial score (nSPS) is 11.0. The summed E-state index contributed by atoms with van der Waals surface area (Å²) in [7, 11) is 1.60. The van der Waals surface area contributed by atoms with Crippen LogP contribution in [0.1, 0.15) is 21.9 Å². The van der Waals surface area contributed by atoms with Crippen molar-refractivity contribution in [2.75, 3.05) is 12.4 Å². The first-order chi connectivity index (χ1) is 17.5. The summed E-state index contributed by atoms with van der Waals surface area (Å²) in [5, 5.41) is 16.7. The Morgan fingerprint density at radius 2 is 1.72 bits per heavy atom. The van der Waals surface area contributed by atoms with Gasteiger partial charge in [0.25, 0.3) is 5.91 Å². The molecule has 9 heteroatoms. The molecule has 2 heterocycles. The second-order valence-corrected chi connectivity index (χ2v) is 8.46. The molecule has 8 nitrogen and oxygen atoms in total. The number of carbonyl (C=O) groups excluding carboxylic acids is 1. The smallest absolute Gasteiger partial charge is 0.278 e. The van der Waals surface area contributed by atoms with Gasteiger partial charge < -0.3 is 14.8 Å². The zero-order valence-corrected chi connectivity index (χ0v) is 20.4. The largest absolute Gasteiger partial charge is 0.457 e. The first-order valence-corrected chi connectivity index (χ1v) is 11.6. The number of fused-ring (bicyclic) bond motifs is 1. The molecule has 0 atom stereocenters. The minimum atomic E-state index is -0.397. The summed E-state index contributed by atoms with van der Waals surface area (Å²) in [6.45, 7) is 2.04. The number of methoxy groups -OCH3 is 1. The van der Waals surface area contributed by atoms with Crippen LogP contribution in [-0.4, -0.2) is 32.8 Å². The van der Waals surface area contributed by atoms with Gasteiger partial charge in [0.2, 0.25) is 0 Å². The highest BCUT2D eigenvalue weighted by Gasteiger charge is 2.22. The standard InChI is InChI=1S/C27H22ClN5O3/c1-17-25(27(34)29-20-11-13-22(14-12-20)36-21-9-4-3-5-10-21)30-31-26-24(18-7-6-8-19(28)15-18)23(16-35-2)32-33(17)26/h3-15H,16H2,1-2H3,(H,29,34). The number of rotatable bonds is 7. The van der Waals surface area contributed by atoms with Gasteiger partial charge in [-0.2, -0.15) is 5.10 Å². The Morgan fingerprint density at radius 3 is 2.44 bits per heavy atom. The molecule has 0 bridgehead atoms. The summed E-state index contributed by atoms with van der Waals surface area (Å²) in [6, 6.07) is 24.0. The van der Waals surface area contributed by atoms with Gasteiger partial charge in [-0.25, -0.2) is 4.52 Å². The Kier molecular flexibility index (Phi) is 6.62. The molecule has 0 saturated heterocycles. The third-order valence-corrected chi connectivity index (χ3v) is 5.77. The maximum atomic E-state index is 13.1. The third kappa shape index (κ3) is 4.77. The van der Waals surface area contributed by atoms with E-state index in [-0.39, 0.29) is 12.3 Å². The van der Waals surface area contributed by atoms with Crippen molar-refractivity contribution in [3.8, 4) is 22.6 Å². The maximum absolute atomic E-state index is 13.1. The van der Waals surface area contributed by atoms with Gasteiger partial charge in [0.15, 0.2) is 11.3 Å². The van der Waals surface area contributed by atoms with Gasteiger partial charge in [-0.3, -0.25) is 4.79 Å². The Balaban J connectivity index is 1.42. The molecule has 1 amide bonds. The van der Waals surface area contributed by atoms with E-state index in [0.717, 1.165) is 16.9 Å². The predicted octanol–water partition coefficient (Wildman–Crippen LogP) is 5.94. The molecule has 36 heavy (non-hydrogen) atoms. The molecule has 2 aromatic heterocycles. The monoisotopic (exact) mass is 499 g/mol. The fourth-order valence-electron chi connectivity index (χ4n) is 3.86. The molecular formula is C27H22ClN5O3. The summed E-state index contributed by atoms with van der Waals surface area (Å²) in [5.41, 5.74) is 4.10. The summed E-state index contributed by atoms with van der Waals surface area (Å²) < 4.78 is 12.8. The highest BCUT2D eigenvalue weighted by Crippen LogP contribution is 2.30. The molecule has 0 unspecified atom stereocenters. The number of nitrogens with zero attached hydrogens (tertiary/aromatic N) is 4. The summed E-state index contributed by atoms with van der Waals surface area (Å²) >= 11 is 6.21. The molecule has 0 spiro atoms. The van der Waals surface area contributed by atoms with Crippen LogP contribution < -0.4 is 10.1 Å². The quantitative estimate of drug-likeness (QED) is 0.298. The van der Waals surface area contributed by atoms with Gasteiger partial charge in [0.05, 0.1) is 23.6 Å². The number of ether oxygens (including phenoxy) is 2. The highest BCUT2D eigenvalue weighted by molar-refractivity contribution is 6.30. The Morgan fingerprint density at radius 1 is 0.972 bits per heavy atom. The molecule has 0 aliphatic rings. The number of para-hydroxylation sites is 1. The van der Waals surface area contributed by atoms with Gasteiger partial charge in [0, 0.05) is 17.8 Å². The predicted molar refractivity (Wildman–Crippen MR) is 138 cm³/mol. The Hall–Kier alpha value is -4.27. The minimum absolute atomic E-state index is 0.163. The fraction of sp³-hybridized carbons (Fsp3) is 0.111. The van der Waals surface area contributed by atoms with E-state index in [4.69, 9.17) is 21.1 Å². The Labute approximate surface area is 212 Å². The first-order valence-electron chi connectivity index (χ1n) is 11.2. The number of amides is 1. The summed E-state index contributed by atoms with van der Waals surface area (Å²) in [5.74, 6) is 0.997. The third-order valence-electron chi connectivity index (χ3n) is 5.54. The van der Waals surface area contributed by atoms with Crippen LogP contribution in [0.3, 0.4) is 0 Å². The number of aromatic nitrogens is 4. The van der Waals surface area contributed by atoms with Crippen molar-refractivity contribution >= 4 is 28.8 Å². The van der Waals surface area contributed by atoms with E-state index in [1.165, 1.54) is 0 Å². The van der Waals surface area contributed by atoms with Crippen molar-refractivity contribution in [2.45, 2.75) is 13.5 Å². The van der Waals surface area contributed by atoms with Gasteiger partial charge in [-0.05, 0) is 61.0 Å². The molecule has 0 aliphatic heterocycles. The van der Waals surface area contributed by atoms with Crippen molar-refractivity contribution in [1.29, 1.82) is 0 Å². The van der Waals surface area contributed by atoms with Crippen LogP contribution in [0, 0.1) is 6.92 Å². The second-order valence-electron chi connectivity index (χ2n) is 8.03. The van der Waals surface area contributed by atoms with Crippen LogP contribution in [0.5, 0.6) is 11.5 Å². The van der Waals surface area contributed by atoms with Crippen molar-refractivity contribution in [3.63, 3.8) is 0 Å². The SMILES string of the molecule is COCc1nn2c(C)c(C(=O)Nc3ccc(Oc4ccccc4)cc3)nnc2c1-c1cccc(Cl)c1. The molecule has 0 radical (unpaired) electrons. The van der Waals surface area contributed by atoms with Gasteiger partial charge in [-0.15, -0.1) is 10.2 Å². The van der Waals surface area contributed by atoms with Gasteiger partial charge in [-0.1, -0.05) is 41.9 Å². The van der Waals surface area contributed by atoms with E-state index >= 15 is 0 Å². The van der Waals surface area contributed by atoms with E-state index in [0.29, 0.717) is 33.5 Å². The van der Waals surface area contributed by atoms with E-state index in [2.05, 4.69) is 20.6 Å². The lowest BCUT2D eigenvalue weighted by Crippen LogP contribution is -2.18. The van der Waals surface area contributed by atoms with Crippen LogP contribution in [-0.2, 0) is 11.3 Å². The number of benzene rings is 3. The van der Waals surface area contributed by atoms with E-state index in [9.17, 15) is 4.79 Å². The van der Waals surface area contributed by atoms with E-state index in [1.807, 2.05) is 48.5 Å². The summed E-state index contributed by atoms with van der Waals surface area (Å²) in [6.07, 6.45) is 0. The number of anilines is 1. The average molecular weight is 500 g/mol. The molecule has 3 aromatic carbocycles. The molecule has 5 aromatic rings. The average Bonchev–Trinajstić information content (AvgIpc) is 3.25. The fourth-order valence-corrected chi connectivity index (χ4v) is 4.05. The van der Waals surface area contributed by atoms with Gasteiger partial charge in [0.1, 0.15) is 11.5 Å². The van der Waals surface area contributed by atoms with Crippen molar-refractivity contribution in [2.24, 2.45) is 0 Å². The van der Waals surface area contributed by atoms with Crippen LogP contribution in [0.25, 0.3) is 16.8 Å². The number of aryl methyl sites for hydroxylation is 1. The lowest BCUT2D eigenvalue weighted by Gasteiger charge is -2.09. The maximum Gasteiger partial charge on any atom is 0.278 e. The molecule has 1 N–H and O–H groups in total. The van der Waals surface area contributed by atoms with E-state index in [1.54, 1.807) is 48.9 Å². The molecule has 0 fully saturated rings. The molecular weight excluding hydrogens is 478 g/mol. The molecule has 0 aliphatic carbocycles. The number of hydrogen-bond acceptors (Lipinski definition) is 6. The Bertz CT molecular complexity index is 1540. The molecule has 5 rings (SSSR count). The highest BCUT2D eigenvalue weighted by atomic mass is 35.5. The number of halogens is 1. The van der Waals surface area contributed by atoms with Crippen LogP contribution >= 0.6 is 11.6 Å². The van der Waals surface area contributed by atoms with Crippen LogP contribution in [0.2, 0.25) is 5.02 Å². The summed E-state index contributed by atoms with van der Waals surface area (Å²) in [4.78, 5) is 13.1. The minimum Gasteiger partial charge on any atom is -0.457 e. The van der Waals surface area contributed by atoms with Crippen LogP contribution in [0.4, 0.5) is 5.69 Å².